The topological polar surface area (TPSA) is 248 Å². The predicted molar refractivity (Wildman–Crippen MR) is 229 cm³/mol. The standard InChI is InChI=1S/2C21H23N7O3/c2*1-4-16(29)14-10-23-17(26-21(30)12-5-6-12)9-15(14)25-20-18(31-3)13(7-8-22-20)19-24-11-28(2)27-19/h2*7-12H,4-6H2,1-3H3,(H2,22,23,25,26,30). The third-order valence-electron chi connectivity index (χ3n) is 9.85. The first-order valence-electron chi connectivity index (χ1n) is 20.0. The summed E-state index contributed by atoms with van der Waals surface area (Å²) in [5, 5.41) is 20.6. The second kappa shape index (κ2) is 18.7. The first kappa shape index (κ1) is 42.5. The van der Waals surface area contributed by atoms with E-state index in [4.69, 9.17) is 9.47 Å². The molecule has 8 rings (SSSR count). The average molecular weight is 843 g/mol. The van der Waals surface area contributed by atoms with Crippen molar-refractivity contribution in [3.05, 3.63) is 72.8 Å². The number of ketones is 2. The van der Waals surface area contributed by atoms with E-state index in [1.54, 1.807) is 86.6 Å². The molecule has 2 aliphatic carbocycles. The lowest BCUT2D eigenvalue weighted by atomic mass is 10.1. The van der Waals surface area contributed by atoms with Gasteiger partial charge in [-0.3, -0.25) is 28.5 Å². The van der Waals surface area contributed by atoms with E-state index in [-0.39, 0.29) is 35.2 Å². The van der Waals surface area contributed by atoms with Crippen LogP contribution in [0.15, 0.2) is 61.7 Å². The summed E-state index contributed by atoms with van der Waals surface area (Å²) < 4.78 is 14.4. The minimum absolute atomic E-state index is 0.0412. The number of carbonyl (C=O) groups excluding carboxylic acids is 4. The average Bonchev–Trinajstić information content (AvgIpc) is 4.22. The van der Waals surface area contributed by atoms with Gasteiger partial charge in [-0.05, 0) is 37.8 Å². The maximum Gasteiger partial charge on any atom is 0.228 e. The van der Waals surface area contributed by atoms with Gasteiger partial charge in [0.1, 0.15) is 24.3 Å². The van der Waals surface area contributed by atoms with Crippen molar-refractivity contribution in [2.75, 3.05) is 35.5 Å². The molecule has 4 N–H and O–H groups in total. The summed E-state index contributed by atoms with van der Waals surface area (Å²) in [6, 6.07) is 6.78. The van der Waals surface area contributed by atoms with Gasteiger partial charge in [0.2, 0.25) is 11.8 Å². The van der Waals surface area contributed by atoms with Gasteiger partial charge in [0.15, 0.2) is 46.4 Å². The van der Waals surface area contributed by atoms with E-state index in [9.17, 15) is 19.2 Å². The maximum atomic E-state index is 12.5. The van der Waals surface area contributed by atoms with Gasteiger partial charge in [-0.2, -0.15) is 10.2 Å². The van der Waals surface area contributed by atoms with Gasteiger partial charge in [-0.1, -0.05) is 13.8 Å². The lowest BCUT2D eigenvalue weighted by Gasteiger charge is -2.15. The summed E-state index contributed by atoms with van der Waals surface area (Å²) in [5.41, 5.74) is 3.06. The Balaban J connectivity index is 0.000000186. The number of hydrogen-bond donors (Lipinski definition) is 4. The fourth-order valence-corrected chi connectivity index (χ4v) is 6.25. The zero-order valence-electron chi connectivity index (χ0n) is 35.1. The first-order chi connectivity index (χ1) is 30.0. The van der Waals surface area contributed by atoms with Gasteiger partial charge in [0.05, 0.1) is 47.8 Å². The minimum atomic E-state index is -0.0865. The van der Waals surface area contributed by atoms with Gasteiger partial charge in [0.25, 0.3) is 0 Å². The molecule has 6 heterocycles. The Labute approximate surface area is 356 Å². The van der Waals surface area contributed by atoms with Crippen LogP contribution in [0.25, 0.3) is 22.8 Å². The van der Waals surface area contributed by atoms with Crippen molar-refractivity contribution in [1.29, 1.82) is 0 Å². The molecule has 6 aromatic rings. The number of methoxy groups -OCH3 is 2. The molecule has 20 nitrogen and oxygen atoms in total. The second-order valence-electron chi connectivity index (χ2n) is 14.5. The molecule has 0 bridgehead atoms. The molecule has 2 amide bonds. The summed E-state index contributed by atoms with van der Waals surface area (Å²) in [4.78, 5) is 75.0. The number of Topliss-reactive ketones (excluding diaryl/α,β-unsaturated/α-hetero) is 2. The smallest absolute Gasteiger partial charge is 0.228 e. The van der Waals surface area contributed by atoms with Crippen molar-refractivity contribution >= 4 is 58.0 Å². The van der Waals surface area contributed by atoms with Crippen LogP contribution >= 0.6 is 0 Å². The SMILES string of the molecule is CCC(=O)c1cnc(NC(=O)C2CC2)cc1Nc1nccc(-c2ncn(C)n2)c1OC.CCC(=O)c1cnc(NC(=O)C2CC2)cc1Nc1nccc(-c2ncn(C)n2)c1OC. The summed E-state index contributed by atoms with van der Waals surface area (Å²) in [6.45, 7) is 3.56. The largest absolute Gasteiger partial charge is 0.492 e. The van der Waals surface area contributed by atoms with Crippen molar-refractivity contribution in [2.45, 2.75) is 52.4 Å². The molecule has 0 spiro atoms. The van der Waals surface area contributed by atoms with E-state index in [0.717, 1.165) is 25.7 Å². The van der Waals surface area contributed by atoms with Gasteiger partial charge in [-0.15, -0.1) is 0 Å². The molecule has 320 valence electrons. The zero-order valence-corrected chi connectivity index (χ0v) is 35.1. The summed E-state index contributed by atoms with van der Waals surface area (Å²) in [6.07, 6.45) is 13.5. The fourth-order valence-electron chi connectivity index (χ4n) is 6.25. The Kier molecular flexibility index (Phi) is 12.8. The van der Waals surface area contributed by atoms with E-state index in [1.165, 1.54) is 26.6 Å². The van der Waals surface area contributed by atoms with Crippen molar-refractivity contribution in [2.24, 2.45) is 25.9 Å². The van der Waals surface area contributed by atoms with Gasteiger partial charge >= 0.3 is 0 Å². The lowest BCUT2D eigenvalue weighted by Crippen LogP contribution is -2.15. The van der Waals surface area contributed by atoms with Crippen LogP contribution in [-0.2, 0) is 23.7 Å². The number of carbonyl (C=O) groups is 4. The normalized spacial score (nSPS) is 13.0. The van der Waals surface area contributed by atoms with Crippen molar-refractivity contribution in [3.63, 3.8) is 0 Å². The summed E-state index contributed by atoms with van der Waals surface area (Å²) in [5.74, 6) is 3.15. The molecule has 0 saturated heterocycles. The predicted octanol–water partition coefficient (Wildman–Crippen LogP) is 5.93. The van der Waals surface area contributed by atoms with E-state index >= 15 is 0 Å². The third kappa shape index (κ3) is 9.86. The summed E-state index contributed by atoms with van der Waals surface area (Å²) >= 11 is 0. The monoisotopic (exact) mass is 842 g/mol. The van der Waals surface area contributed by atoms with Crippen LogP contribution in [0.3, 0.4) is 0 Å². The highest BCUT2D eigenvalue weighted by Gasteiger charge is 2.31. The molecule has 0 aromatic carbocycles. The maximum absolute atomic E-state index is 12.5. The number of amides is 2. The second-order valence-corrected chi connectivity index (χ2v) is 14.5. The van der Waals surface area contributed by atoms with Gasteiger partial charge in [-0.25, -0.2) is 29.9 Å². The zero-order chi connectivity index (χ0) is 43.9. The fraction of sp³-hybridized carbons (Fsp3) is 0.333. The number of aryl methyl sites for hydroxylation is 2. The molecular formula is C42H46N14O6. The number of nitrogens with zero attached hydrogens (tertiary/aromatic N) is 10. The number of hydrogen-bond acceptors (Lipinski definition) is 16. The Morgan fingerprint density at radius 1 is 0.629 bits per heavy atom. The molecule has 0 radical (unpaired) electrons. The van der Waals surface area contributed by atoms with Crippen LogP contribution in [0.2, 0.25) is 0 Å². The number of nitrogens with one attached hydrogen (secondary N) is 4. The number of rotatable bonds is 16. The van der Waals surface area contributed by atoms with Gasteiger partial charge in [0, 0.05) is 75.7 Å². The number of pyridine rings is 4. The molecule has 2 saturated carbocycles. The molecule has 6 aromatic heterocycles. The Morgan fingerprint density at radius 3 is 1.35 bits per heavy atom. The van der Waals surface area contributed by atoms with Crippen LogP contribution in [-0.4, -0.2) is 87.1 Å². The van der Waals surface area contributed by atoms with Crippen molar-refractivity contribution in [3.8, 4) is 34.3 Å². The number of ether oxygens (including phenoxy) is 2. The first-order valence-corrected chi connectivity index (χ1v) is 20.0. The molecule has 0 unspecified atom stereocenters. The van der Waals surface area contributed by atoms with Crippen LogP contribution in [0.5, 0.6) is 11.5 Å². The number of aromatic nitrogens is 10. The molecule has 2 fully saturated rings. The Bertz CT molecular complexity index is 2450. The van der Waals surface area contributed by atoms with Crippen LogP contribution in [0.4, 0.5) is 34.6 Å². The van der Waals surface area contributed by atoms with Crippen LogP contribution in [0, 0.1) is 11.8 Å². The highest BCUT2D eigenvalue weighted by atomic mass is 16.5. The molecule has 0 atom stereocenters. The highest BCUT2D eigenvalue weighted by Crippen LogP contribution is 2.38. The Hall–Kier alpha value is -7.64. The minimum Gasteiger partial charge on any atom is -0.492 e. The molecule has 62 heavy (non-hydrogen) atoms. The van der Waals surface area contributed by atoms with Crippen LogP contribution < -0.4 is 30.7 Å². The van der Waals surface area contributed by atoms with E-state index in [0.29, 0.717) is 92.9 Å². The quantitative estimate of drug-likeness (QED) is 0.0824. The van der Waals surface area contributed by atoms with Gasteiger partial charge < -0.3 is 30.7 Å². The molecule has 20 heteroatoms. The number of anilines is 6. The van der Waals surface area contributed by atoms with E-state index < -0.39 is 0 Å². The lowest BCUT2D eigenvalue weighted by molar-refractivity contribution is -0.118. The van der Waals surface area contributed by atoms with Crippen LogP contribution in [0.1, 0.15) is 73.1 Å². The third-order valence-corrected chi connectivity index (χ3v) is 9.85. The molecule has 0 aliphatic heterocycles. The highest BCUT2D eigenvalue weighted by molar-refractivity contribution is 6.04. The molecular weight excluding hydrogens is 797 g/mol. The van der Waals surface area contributed by atoms with E-state index in [2.05, 4.69) is 61.4 Å². The summed E-state index contributed by atoms with van der Waals surface area (Å²) in [7, 11) is 6.61. The molecule has 2 aliphatic rings. The van der Waals surface area contributed by atoms with Crippen molar-refractivity contribution < 1.29 is 28.7 Å². The Morgan fingerprint density at radius 2 is 1.03 bits per heavy atom. The van der Waals surface area contributed by atoms with Crippen molar-refractivity contribution in [1.82, 2.24) is 49.5 Å². The van der Waals surface area contributed by atoms with E-state index in [1.807, 2.05) is 0 Å².